The molecule has 1 rings (SSSR count). The molecule has 0 radical (unpaired) electrons. The number of hydrogen-bond acceptors (Lipinski definition) is 4. The van der Waals surface area contributed by atoms with E-state index in [1.54, 1.807) is 7.11 Å². The van der Waals surface area contributed by atoms with Crippen molar-refractivity contribution in [1.82, 2.24) is 5.32 Å². The summed E-state index contributed by atoms with van der Waals surface area (Å²) < 4.78 is 5.22. The number of likely N-dealkylation sites (N-methyl/N-ethyl adjacent to an activating group) is 1. The molecule has 4 nitrogen and oxygen atoms in total. The molecule has 1 N–H and O–H groups in total. The van der Waals surface area contributed by atoms with Gasteiger partial charge in [0.05, 0.1) is 17.9 Å². The van der Waals surface area contributed by atoms with Gasteiger partial charge in [-0.1, -0.05) is 13.0 Å². The summed E-state index contributed by atoms with van der Waals surface area (Å²) in [5, 5.41) is 12.7. The van der Waals surface area contributed by atoms with E-state index in [1.165, 1.54) is 0 Å². The first kappa shape index (κ1) is 16.5. The second-order valence-corrected chi connectivity index (χ2v) is 4.83. The molecule has 0 spiro atoms. The first-order valence-corrected chi connectivity index (χ1v) is 7.17. The lowest BCUT2D eigenvalue weighted by Crippen LogP contribution is -2.36. The Balaban J connectivity index is 3.01. The van der Waals surface area contributed by atoms with Gasteiger partial charge < -0.3 is 15.0 Å². The largest absolute Gasteiger partial charge is 0.383 e. The van der Waals surface area contributed by atoms with E-state index in [2.05, 4.69) is 43.1 Å². The Kier molecular flexibility index (Phi) is 7.06. The van der Waals surface area contributed by atoms with E-state index >= 15 is 0 Å². The number of benzene rings is 1. The number of nitrogens with one attached hydrogen (secondary N) is 1. The highest BCUT2D eigenvalue weighted by Crippen LogP contribution is 2.23. The van der Waals surface area contributed by atoms with E-state index in [9.17, 15) is 5.26 Å². The lowest BCUT2D eigenvalue weighted by atomic mass is 10.1. The first-order chi connectivity index (χ1) is 9.67. The van der Waals surface area contributed by atoms with Crippen LogP contribution < -0.4 is 10.2 Å². The molecule has 0 heterocycles. The molecule has 0 aliphatic rings. The van der Waals surface area contributed by atoms with E-state index in [-0.39, 0.29) is 6.04 Å². The van der Waals surface area contributed by atoms with Gasteiger partial charge in [0.1, 0.15) is 6.07 Å². The molecule has 1 unspecified atom stereocenters. The van der Waals surface area contributed by atoms with Crippen LogP contribution in [0.5, 0.6) is 0 Å². The quantitative estimate of drug-likeness (QED) is 0.792. The zero-order chi connectivity index (χ0) is 15.0. The predicted molar refractivity (Wildman–Crippen MR) is 82.9 cm³/mol. The van der Waals surface area contributed by atoms with Crippen LogP contribution in [0.25, 0.3) is 0 Å². The molecule has 20 heavy (non-hydrogen) atoms. The van der Waals surface area contributed by atoms with Crippen LogP contribution in [0.3, 0.4) is 0 Å². The molecule has 0 saturated carbocycles. The van der Waals surface area contributed by atoms with Crippen molar-refractivity contribution in [2.24, 2.45) is 0 Å². The van der Waals surface area contributed by atoms with Gasteiger partial charge >= 0.3 is 0 Å². The van der Waals surface area contributed by atoms with Crippen LogP contribution in [0.1, 0.15) is 31.9 Å². The van der Waals surface area contributed by atoms with Crippen molar-refractivity contribution in [3.8, 4) is 6.07 Å². The molecule has 0 amide bonds. The third-order valence-corrected chi connectivity index (χ3v) is 3.35. The van der Waals surface area contributed by atoms with Crippen molar-refractivity contribution in [3.05, 3.63) is 29.3 Å². The van der Waals surface area contributed by atoms with Crippen molar-refractivity contribution in [3.63, 3.8) is 0 Å². The minimum absolute atomic E-state index is 0.247. The number of methoxy groups -OCH3 is 1. The van der Waals surface area contributed by atoms with E-state index in [1.807, 2.05) is 12.1 Å². The highest BCUT2D eigenvalue weighted by Gasteiger charge is 2.16. The lowest BCUT2D eigenvalue weighted by Gasteiger charge is -2.30. The number of hydrogen-bond donors (Lipinski definition) is 1. The van der Waals surface area contributed by atoms with Gasteiger partial charge in [0.25, 0.3) is 0 Å². The van der Waals surface area contributed by atoms with Crippen LogP contribution in [0.2, 0.25) is 0 Å². The summed E-state index contributed by atoms with van der Waals surface area (Å²) in [7, 11) is 1.70. The first-order valence-electron chi connectivity index (χ1n) is 7.17. The molecular weight excluding hydrogens is 250 g/mol. The maximum Gasteiger partial charge on any atom is 0.101 e. The van der Waals surface area contributed by atoms with Gasteiger partial charge in [-0.05, 0) is 38.1 Å². The third kappa shape index (κ3) is 4.22. The normalized spacial score (nSPS) is 11.9. The highest BCUT2D eigenvalue weighted by atomic mass is 16.5. The van der Waals surface area contributed by atoms with Gasteiger partial charge in [0.15, 0.2) is 0 Å². The second-order valence-electron chi connectivity index (χ2n) is 4.83. The zero-order valence-corrected chi connectivity index (χ0v) is 12.9. The Morgan fingerprint density at radius 2 is 2.15 bits per heavy atom. The SMILES string of the molecule is CCNCc1ccc(N(CC)C(C)COC)c(C#N)c1. The van der Waals surface area contributed by atoms with Crippen molar-refractivity contribution < 1.29 is 4.74 Å². The fourth-order valence-corrected chi connectivity index (χ4v) is 2.35. The van der Waals surface area contributed by atoms with Crippen LogP contribution in [-0.4, -0.2) is 32.8 Å². The van der Waals surface area contributed by atoms with Crippen molar-refractivity contribution >= 4 is 5.69 Å². The predicted octanol–water partition coefficient (Wildman–Crippen LogP) is 2.53. The summed E-state index contributed by atoms with van der Waals surface area (Å²) in [6, 6.07) is 8.66. The number of rotatable bonds is 8. The molecule has 0 saturated heterocycles. The number of nitrogens with zero attached hydrogens (tertiary/aromatic N) is 2. The molecule has 4 heteroatoms. The van der Waals surface area contributed by atoms with Crippen LogP contribution in [-0.2, 0) is 11.3 Å². The van der Waals surface area contributed by atoms with Crippen LogP contribution in [0.4, 0.5) is 5.69 Å². The van der Waals surface area contributed by atoms with Gasteiger partial charge in [-0.3, -0.25) is 0 Å². The maximum absolute atomic E-state index is 9.40. The van der Waals surface area contributed by atoms with Crippen molar-refractivity contribution in [1.29, 1.82) is 5.26 Å². The summed E-state index contributed by atoms with van der Waals surface area (Å²) in [4.78, 5) is 2.21. The topological polar surface area (TPSA) is 48.3 Å². The third-order valence-electron chi connectivity index (χ3n) is 3.35. The average Bonchev–Trinajstić information content (AvgIpc) is 2.47. The summed E-state index contributed by atoms with van der Waals surface area (Å²) in [5.41, 5.74) is 2.85. The number of ether oxygens (including phenoxy) is 1. The van der Waals surface area contributed by atoms with E-state index < -0.39 is 0 Å². The summed E-state index contributed by atoms with van der Waals surface area (Å²) in [5.74, 6) is 0. The molecule has 0 aliphatic heterocycles. The summed E-state index contributed by atoms with van der Waals surface area (Å²) >= 11 is 0. The molecule has 0 aliphatic carbocycles. The molecular formula is C16H25N3O. The van der Waals surface area contributed by atoms with Gasteiger partial charge in [0, 0.05) is 26.2 Å². The molecule has 0 fully saturated rings. The Morgan fingerprint density at radius 3 is 2.70 bits per heavy atom. The standard InChI is InChI=1S/C16H25N3O/c1-5-18-11-14-7-8-16(15(9-14)10-17)19(6-2)13(3)12-20-4/h7-9,13,18H,5-6,11-12H2,1-4H3. The van der Waals surface area contributed by atoms with Crippen LogP contribution >= 0.6 is 0 Å². The molecule has 110 valence electrons. The van der Waals surface area contributed by atoms with Gasteiger partial charge in [-0.2, -0.15) is 5.26 Å². The summed E-state index contributed by atoms with van der Waals surface area (Å²) in [6.45, 7) is 9.51. The molecule has 1 atom stereocenters. The van der Waals surface area contributed by atoms with Crippen molar-refractivity contribution in [2.75, 3.05) is 31.7 Å². The van der Waals surface area contributed by atoms with E-state index in [0.29, 0.717) is 6.61 Å². The van der Waals surface area contributed by atoms with Gasteiger partial charge in [-0.25, -0.2) is 0 Å². The highest BCUT2D eigenvalue weighted by molar-refractivity contribution is 5.61. The fraction of sp³-hybridized carbons (Fsp3) is 0.562. The average molecular weight is 275 g/mol. The van der Waals surface area contributed by atoms with E-state index in [4.69, 9.17) is 4.74 Å². The number of anilines is 1. The molecule has 0 aromatic heterocycles. The smallest absolute Gasteiger partial charge is 0.101 e. The Labute approximate surface area is 122 Å². The van der Waals surface area contributed by atoms with E-state index in [0.717, 1.165) is 36.4 Å². The number of nitriles is 1. The molecule has 0 bridgehead atoms. The zero-order valence-electron chi connectivity index (χ0n) is 12.9. The monoisotopic (exact) mass is 275 g/mol. The van der Waals surface area contributed by atoms with Crippen LogP contribution in [0, 0.1) is 11.3 Å². The van der Waals surface area contributed by atoms with Gasteiger partial charge in [0.2, 0.25) is 0 Å². The fourth-order valence-electron chi connectivity index (χ4n) is 2.35. The lowest BCUT2D eigenvalue weighted by molar-refractivity contribution is 0.182. The minimum Gasteiger partial charge on any atom is -0.383 e. The summed E-state index contributed by atoms with van der Waals surface area (Å²) in [6.07, 6.45) is 0. The molecule has 1 aromatic carbocycles. The Bertz CT molecular complexity index is 454. The Hall–Kier alpha value is -1.57. The van der Waals surface area contributed by atoms with Crippen LogP contribution in [0.15, 0.2) is 18.2 Å². The minimum atomic E-state index is 0.247. The maximum atomic E-state index is 9.40. The second kappa shape index (κ2) is 8.57. The molecule has 1 aromatic rings. The van der Waals surface area contributed by atoms with Crippen molar-refractivity contribution in [2.45, 2.75) is 33.4 Å². The Morgan fingerprint density at radius 1 is 1.40 bits per heavy atom. The van der Waals surface area contributed by atoms with Gasteiger partial charge in [-0.15, -0.1) is 0 Å².